The molecule has 2 heterocycles. The number of ether oxygens (including phenoxy) is 1. The Labute approximate surface area is 144 Å². The van der Waals surface area contributed by atoms with Crippen molar-refractivity contribution in [2.45, 2.75) is 46.1 Å². The van der Waals surface area contributed by atoms with Crippen LogP contribution in [-0.4, -0.2) is 41.1 Å². The quantitative estimate of drug-likeness (QED) is 0.862. The summed E-state index contributed by atoms with van der Waals surface area (Å²) in [7, 11) is 0. The third-order valence-corrected chi connectivity index (χ3v) is 4.27. The van der Waals surface area contributed by atoms with Gasteiger partial charge in [-0.2, -0.15) is 5.10 Å². The summed E-state index contributed by atoms with van der Waals surface area (Å²) in [5.74, 6) is 2.16. The van der Waals surface area contributed by atoms with Gasteiger partial charge in [-0.1, -0.05) is 26.0 Å². The molecular weight excluding hydrogens is 300 g/mol. The first-order valence-electron chi connectivity index (χ1n) is 8.77. The van der Waals surface area contributed by atoms with Gasteiger partial charge < -0.3 is 9.64 Å². The van der Waals surface area contributed by atoms with E-state index in [0.717, 1.165) is 43.5 Å². The van der Waals surface area contributed by atoms with Gasteiger partial charge in [0, 0.05) is 30.3 Å². The van der Waals surface area contributed by atoms with Crippen LogP contribution >= 0.6 is 0 Å². The molecule has 1 aliphatic heterocycles. The van der Waals surface area contributed by atoms with Crippen molar-refractivity contribution in [1.29, 1.82) is 0 Å². The van der Waals surface area contributed by atoms with Gasteiger partial charge in [-0.15, -0.1) is 0 Å². The highest BCUT2D eigenvalue weighted by molar-refractivity contribution is 5.75. The van der Waals surface area contributed by atoms with E-state index in [4.69, 9.17) is 14.8 Å². The number of benzene rings is 1. The zero-order chi connectivity index (χ0) is 17.3. The molecule has 0 N–H and O–H groups in total. The lowest BCUT2D eigenvalue weighted by molar-refractivity contribution is 0.122. The molecule has 0 bridgehead atoms. The Morgan fingerprint density at radius 2 is 1.75 bits per heavy atom. The lowest BCUT2D eigenvalue weighted by atomic mass is 10.1. The van der Waals surface area contributed by atoms with E-state index < -0.39 is 0 Å². The van der Waals surface area contributed by atoms with Gasteiger partial charge in [-0.25, -0.2) is 9.67 Å². The Morgan fingerprint density at radius 3 is 2.38 bits per heavy atom. The van der Waals surface area contributed by atoms with Crippen LogP contribution in [0.3, 0.4) is 0 Å². The molecule has 1 saturated heterocycles. The molecule has 0 unspecified atom stereocenters. The fourth-order valence-electron chi connectivity index (χ4n) is 2.96. The molecule has 0 saturated carbocycles. The van der Waals surface area contributed by atoms with E-state index >= 15 is 0 Å². The van der Waals surface area contributed by atoms with Crippen molar-refractivity contribution in [1.82, 2.24) is 14.8 Å². The van der Waals surface area contributed by atoms with Crippen molar-refractivity contribution in [3.8, 4) is 11.4 Å². The van der Waals surface area contributed by atoms with Crippen LogP contribution in [0.25, 0.3) is 11.4 Å². The summed E-state index contributed by atoms with van der Waals surface area (Å²) in [6.45, 7) is 14.2. The summed E-state index contributed by atoms with van der Waals surface area (Å²) in [6, 6.07) is 8.50. The van der Waals surface area contributed by atoms with E-state index in [2.05, 4.69) is 68.5 Å². The molecule has 0 radical (unpaired) electrons. The maximum atomic E-state index is 5.51. The molecule has 5 nitrogen and oxygen atoms in total. The maximum absolute atomic E-state index is 5.51. The number of nitrogens with zero attached hydrogens (tertiary/aromatic N) is 4. The molecule has 0 amide bonds. The van der Waals surface area contributed by atoms with Crippen molar-refractivity contribution in [3.63, 3.8) is 0 Å². The minimum Gasteiger partial charge on any atom is -0.378 e. The maximum Gasteiger partial charge on any atom is 0.161 e. The predicted octanol–water partition coefficient (Wildman–Crippen LogP) is 3.66. The number of rotatable bonds is 3. The van der Waals surface area contributed by atoms with Gasteiger partial charge >= 0.3 is 0 Å². The van der Waals surface area contributed by atoms with Crippen LogP contribution in [0.4, 0.5) is 5.69 Å². The molecular formula is C19H28N4O. The highest BCUT2D eigenvalue weighted by atomic mass is 16.5. The van der Waals surface area contributed by atoms with Crippen molar-refractivity contribution in [2.24, 2.45) is 0 Å². The first-order chi connectivity index (χ1) is 11.4. The Morgan fingerprint density at radius 1 is 1.08 bits per heavy atom. The van der Waals surface area contributed by atoms with E-state index in [1.165, 1.54) is 5.69 Å². The molecule has 1 fully saturated rings. The number of anilines is 1. The van der Waals surface area contributed by atoms with Gasteiger partial charge in [-0.05, 0) is 32.9 Å². The minimum atomic E-state index is -0.117. The lowest BCUT2D eigenvalue weighted by Gasteiger charge is -2.31. The van der Waals surface area contributed by atoms with Gasteiger partial charge in [0.05, 0.1) is 18.8 Å². The van der Waals surface area contributed by atoms with Gasteiger partial charge in [-0.3, -0.25) is 0 Å². The van der Waals surface area contributed by atoms with Gasteiger partial charge in [0.25, 0.3) is 0 Å². The molecule has 0 spiro atoms. The molecule has 0 atom stereocenters. The summed E-state index contributed by atoms with van der Waals surface area (Å²) >= 11 is 0. The molecule has 0 aliphatic carbocycles. The Hall–Kier alpha value is -1.88. The van der Waals surface area contributed by atoms with E-state index in [1.54, 1.807) is 0 Å². The summed E-state index contributed by atoms with van der Waals surface area (Å²) in [6.07, 6.45) is 0. The van der Waals surface area contributed by atoms with Crippen molar-refractivity contribution < 1.29 is 4.74 Å². The first kappa shape index (κ1) is 17.0. The molecule has 24 heavy (non-hydrogen) atoms. The SMILES string of the molecule is CC(C)c1nc(-c2ccccc2N2CCOCC2)n(C(C)(C)C)n1. The topological polar surface area (TPSA) is 43.2 Å². The third-order valence-electron chi connectivity index (χ3n) is 4.27. The summed E-state index contributed by atoms with van der Waals surface area (Å²) in [5, 5.41) is 4.81. The number of hydrogen-bond acceptors (Lipinski definition) is 4. The predicted molar refractivity (Wildman–Crippen MR) is 97.6 cm³/mol. The van der Waals surface area contributed by atoms with E-state index in [-0.39, 0.29) is 5.54 Å². The van der Waals surface area contributed by atoms with Gasteiger partial charge in [0.1, 0.15) is 0 Å². The minimum absolute atomic E-state index is 0.117. The Bertz CT molecular complexity index is 694. The largest absolute Gasteiger partial charge is 0.378 e. The smallest absolute Gasteiger partial charge is 0.161 e. The second-order valence-corrected chi connectivity index (χ2v) is 7.65. The number of morpholine rings is 1. The highest BCUT2D eigenvalue weighted by Crippen LogP contribution is 2.33. The number of para-hydroxylation sites is 1. The molecule has 1 aliphatic rings. The molecule has 130 valence electrons. The monoisotopic (exact) mass is 328 g/mol. The van der Waals surface area contributed by atoms with Crippen molar-refractivity contribution >= 4 is 5.69 Å². The fraction of sp³-hybridized carbons (Fsp3) is 0.579. The molecule has 5 heteroatoms. The average molecular weight is 328 g/mol. The van der Waals surface area contributed by atoms with Crippen LogP contribution in [0.5, 0.6) is 0 Å². The fourth-order valence-corrected chi connectivity index (χ4v) is 2.96. The summed E-state index contributed by atoms with van der Waals surface area (Å²) < 4.78 is 7.58. The third kappa shape index (κ3) is 3.31. The zero-order valence-electron chi connectivity index (χ0n) is 15.4. The molecule has 3 rings (SSSR count). The van der Waals surface area contributed by atoms with E-state index in [9.17, 15) is 0 Å². The lowest BCUT2D eigenvalue weighted by Crippen LogP contribution is -2.36. The Balaban J connectivity index is 2.12. The summed E-state index contributed by atoms with van der Waals surface area (Å²) in [4.78, 5) is 7.28. The number of aromatic nitrogens is 3. The van der Waals surface area contributed by atoms with Gasteiger partial charge in [0.2, 0.25) is 0 Å². The van der Waals surface area contributed by atoms with E-state index in [1.807, 2.05) is 0 Å². The second-order valence-electron chi connectivity index (χ2n) is 7.65. The van der Waals surface area contributed by atoms with Crippen LogP contribution < -0.4 is 4.90 Å². The average Bonchev–Trinajstić information content (AvgIpc) is 3.01. The van der Waals surface area contributed by atoms with Crippen molar-refractivity contribution in [3.05, 3.63) is 30.1 Å². The standard InChI is InChI=1S/C19H28N4O/c1-14(2)17-20-18(23(21-17)19(3,4)5)15-8-6-7-9-16(15)22-10-12-24-13-11-22/h6-9,14H,10-13H2,1-5H3. The zero-order valence-corrected chi connectivity index (χ0v) is 15.4. The normalized spacial score (nSPS) is 16.0. The van der Waals surface area contributed by atoms with E-state index in [0.29, 0.717) is 5.92 Å². The molecule has 2 aromatic rings. The van der Waals surface area contributed by atoms with Crippen molar-refractivity contribution in [2.75, 3.05) is 31.2 Å². The first-order valence-corrected chi connectivity index (χ1v) is 8.77. The van der Waals surface area contributed by atoms with Crippen LogP contribution in [0.2, 0.25) is 0 Å². The molecule has 1 aromatic heterocycles. The van der Waals surface area contributed by atoms with Crippen LogP contribution in [-0.2, 0) is 10.3 Å². The highest BCUT2D eigenvalue weighted by Gasteiger charge is 2.25. The van der Waals surface area contributed by atoms with Crippen LogP contribution in [0.15, 0.2) is 24.3 Å². The second kappa shape index (κ2) is 6.55. The van der Waals surface area contributed by atoms with Crippen LogP contribution in [0.1, 0.15) is 46.4 Å². The number of hydrogen-bond donors (Lipinski definition) is 0. The Kier molecular flexibility index (Phi) is 4.63. The molecule has 1 aromatic carbocycles. The van der Waals surface area contributed by atoms with Crippen LogP contribution in [0, 0.1) is 0 Å². The summed E-state index contributed by atoms with van der Waals surface area (Å²) in [5.41, 5.74) is 2.25. The van der Waals surface area contributed by atoms with Gasteiger partial charge in [0.15, 0.2) is 11.6 Å².